The van der Waals surface area contributed by atoms with Gasteiger partial charge in [-0.05, 0) is 38.9 Å². The summed E-state index contributed by atoms with van der Waals surface area (Å²) in [5, 5.41) is 2.93. The van der Waals surface area contributed by atoms with Gasteiger partial charge in [-0.15, -0.1) is 0 Å². The Morgan fingerprint density at radius 3 is 2.67 bits per heavy atom. The standard InChI is InChI=1S/C13H20N2O5S/c1-3-19-13(16)11-4-5-12(20-11)21(17,18)15-8-6-10(14-2)7-9-15/h4-5,10,14H,3,6-9H2,1-2H3. The molecule has 1 N–H and O–H groups in total. The van der Waals surface area contributed by atoms with Gasteiger partial charge in [0.2, 0.25) is 10.9 Å². The minimum absolute atomic E-state index is 0.0967. The largest absolute Gasteiger partial charge is 0.460 e. The van der Waals surface area contributed by atoms with Gasteiger partial charge in [0.15, 0.2) is 0 Å². The first-order chi connectivity index (χ1) is 9.98. The quantitative estimate of drug-likeness (QED) is 0.809. The molecule has 0 unspecified atom stereocenters. The molecule has 7 nitrogen and oxygen atoms in total. The van der Waals surface area contributed by atoms with Gasteiger partial charge in [0, 0.05) is 19.1 Å². The Hall–Kier alpha value is -1.38. The zero-order valence-corrected chi connectivity index (χ0v) is 13.0. The molecule has 0 atom stereocenters. The monoisotopic (exact) mass is 316 g/mol. The number of carbonyl (C=O) groups excluding carboxylic acids is 1. The average Bonchev–Trinajstić information content (AvgIpc) is 2.98. The molecule has 21 heavy (non-hydrogen) atoms. The third-order valence-electron chi connectivity index (χ3n) is 3.51. The molecule has 1 aromatic heterocycles. The number of ether oxygens (including phenoxy) is 1. The number of hydrogen-bond acceptors (Lipinski definition) is 6. The van der Waals surface area contributed by atoms with Gasteiger partial charge >= 0.3 is 5.97 Å². The van der Waals surface area contributed by atoms with E-state index in [9.17, 15) is 13.2 Å². The highest BCUT2D eigenvalue weighted by Crippen LogP contribution is 2.22. The van der Waals surface area contributed by atoms with Crippen molar-refractivity contribution >= 4 is 16.0 Å². The summed E-state index contributed by atoms with van der Waals surface area (Å²) >= 11 is 0. The highest BCUT2D eigenvalue weighted by Gasteiger charge is 2.31. The van der Waals surface area contributed by atoms with Crippen molar-refractivity contribution in [1.29, 1.82) is 0 Å². The lowest BCUT2D eigenvalue weighted by atomic mass is 10.1. The number of rotatable bonds is 5. The van der Waals surface area contributed by atoms with Crippen molar-refractivity contribution in [3.05, 3.63) is 17.9 Å². The summed E-state index contributed by atoms with van der Waals surface area (Å²) in [5.41, 5.74) is 0. The van der Waals surface area contributed by atoms with E-state index in [1.807, 2.05) is 7.05 Å². The van der Waals surface area contributed by atoms with Crippen molar-refractivity contribution in [2.45, 2.75) is 30.9 Å². The molecular weight excluding hydrogens is 296 g/mol. The normalized spacial score (nSPS) is 17.8. The summed E-state index contributed by atoms with van der Waals surface area (Å²) in [5.74, 6) is -0.756. The highest BCUT2D eigenvalue weighted by atomic mass is 32.2. The van der Waals surface area contributed by atoms with Gasteiger partial charge in [-0.2, -0.15) is 4.31 Å². The van der Waals surface area contributed by atoms with Crippen LogP contribution in [0.5, 0.6) is 0 Å². The maximum absolute atomic E-state index is 12.4. The Kier molecular flexibility index (Phi) is 5.02. The van der Waals surface area contributed by atoms with Crippen LogP contribution in [-0.2, 0) is 14.8 Å². The van der Waals surface area contributed by atoms with Gasteiger partial charge in [0.25, 0.3) is 10.0 Å². The van der Waals surface area contributed by atoms with Crippen molar-refractivity contribution < 1.29 is 22.4 Å². The first kappa shape index (κ1) is 16.0. The minimum atomic E-state index is -3.69. The van der Waals surface area contributed by atoms with Gasteiger partial charge in [-0.3, -0.25) is 0 Å². The molecule has 1 aliphatic rings. The second-order valence-corrected chi connectivity index (χ2v) is 6.68. The second kappa shape index (κ2) is 6.59. The van der Waals surface area contributed by atoms with Crippen LogP contribution in [0.25, 0.3) is 0 Å². The maximum atomic E-state index is 12.4. The van der Waals surface area contributed by atoms with Crippen molar-refractivity contribution in [3.8, 4) is 0 Å². The zero-order chi connectivity index (χ0) is 15.5. The Morgan fingerprint density at radius 1 is 1.43 bits per heavy atom. The summed E-state index contributed by atoms with van der Waals surface area (Å²) in [7, 11) is -1.82. The molecule has 2 heterocycles. The molecule has 0 bridgehead atoms. The summed E-state index contributed by atoms with van der Waals surface area (Å²) in [6, 6.07) is 2.96. The van der Waals surface area contributed by atoms with Crippen LogP contribution in [0.1, 0.15) is 30.3 Å². The van der Waals surface area contributed by atoms with E-state index < -0.39 is 16.0 Å². The van der Waals surface area contributed by atoms with E-state index in [0.29, 0.717) is 19.1 Å². The first-order valence-corrected chi connectivity index (χ1v) is 8.37. The number of piperidine rings is 1. The van der Waals surface area contributed by atoms with E-state index in [2.05, 4.69) is 5.32 Å². The van der Waals surface area contributed by atoms with E-state index in [1.165, 1.54) is 16.4 Å². The van der Waals surface area contributed by atoms with E-state index >= 15 is 0 Å². The second-order valence-electron chi connectivity index (χ2n) is 4.81. The van der Waals surface area contributed by atoms with Gasteiger partial charge in [-0.25, -0.2) is 13.2 Å². The van der Waals surface area contributed by atoms with Gasteiger partial charge in [-0.1, -0.05) is 0 Å². The summed E-state index contributed by atoms with van der Waals surface area (Å²) in [6.07, 6.45) is 1.50. The van der Waals surface area contributed by atoms with Crippen LogP contribution in [0, 0.1) is 0 Å². The van der Waals surface area contributed by atoms with Crippen molar-refractivity contribution in [3.63, 3.8) is 0 Å². The molecule has 0 amide bonds. The molecule has 0 saturated carbocycles. The third-order valence-corrected chi connectivity index (χ3v) is 5.29. The molecule has 1 fully saturated rings. The Bertz CT molecular complexity index is 587. The lowest BCUT2D eigenvalue weighted by Crippen LogP contribution is -2.43. The van der Waals surface area contributed by atoms with Crippen molar-refractivity contribution in [2.24, 2.45) is 0 Å². The summed E-state index contributed by atoms with van der Waals surface area (Å²) in [4.78, 5) is 11.5. The van der Waals surface area contributed by atoms with Crippen LogP contribution in [0.4, 0.5) is 0 Å². The molecule has 2 rings (SSSR count). The predicted molar refractivity (Wildman–Crippen MR) is 75.5 cm³/mol. The zero-order valence-electron chi connectivity index (χ0n) is 12.2. The number of nitrogens with one attached hydrogen (secondary N) is 1. The highest BCUT2D eigenvalue weighted by molar-refractivity contribution is 7.89. The molecule has 1 aromatic rings. The van der Waals surface area contributed by atoms with Gasteiger partial charge < -0.3 is 14.5 Å². The first-order valence-electron chi connectivity index (χ1n) is 6.93. The van der Waals surface area contributed by atoms with E-state index in [0.717, 1.165) is 12.8 Å². The molecule has 0 spiro atoms. The molecule has 0 radical (unpaired) electrons. The number of furan rings is 1. The van der Waals surface area contributed by atoms with Crippen LogP contribution >= 0.6 is 0 Å². The third kappa shape index (κ3) is 3.45. The fraction of sp³-hybridized carbons (Fsp3) is 0.615. The molecule has 118 valence electrons. The Balaban J connectivity index is 2.11. The molecule has 8 heteroatoms. The van der Waals surface area contributed by atoms with Crippen LogP contribution < -0.4 is 5.32 Å². The van der Waals surface area contributed by atoms with Gasteiger partial charge in [0.05, 0.1) is 6.61 Å². The van der Waals surface area contributed by atoms with E-state index in [1.54, 1.807) is 6.92 Å². The molecular formula is C13H20N2O5S. The van der Waals surface area contributed by atoms with Crippen LogP contribution in [0.3, 0.4) is 0 Å². The molecule has 0 aliphatic carbocycles. The molecule has 1 saturated heterocycles. The lowest BCUT2D eigenvalue weighted by Gasteiger charge is -2.30. The number of nitrogens with zero attached hydrogens (tertiary/aromatic N) is 1. The van der Waals surface area contributed by atoms with E-state index in [4.69, 9.17) is 9.15 Å². The van der Waals surface area contributed by atoms with Crippen LogP contribution in [0.15, 0.2) is 21.6 Å². The van der Waals surface area contributed by atoms with E-state index in [-0.39, 0.29) is 17.5 Å². The van der Waals surface area contributed by atoms with Crippen molar-refractivity contribution in [2.75, 3.05) is 26.7 Å². The smallest absolute Gasteiger partial charge is 0.374 e. The van der Waals surface area contributed by atoms with Gasteiger partial charge in [0.1, 0.15) is 0 Å². The number of esters is 1. The fourth-order valence-electron chi connectivity index (χ4n) is 2.28. The summed E-state index contributed by atoms with van der Waals surface area (Å²) < 4.78 is 36.2. The minimum Gasteiger partial charge on any atom is -0.460 e. The average molecular weight is 316 g/mol. The lowest BCUT2D eigenvalue weighted by molar-refractivity contribution is 0.0483. The molecule has 0 aromatic carbocycles. The predicted octanol–water partition coefficient (Wildman–Crippen LogP) is 0.829. The number of sulfonamides is 1. The Labute approximate surface area is 124 Å². The number of carbonyl (C=O) groups is 1. The fourth-order valence-corrected chi connectivity index (χ4v) is 3.66. The molecule has 1 aliphatic heterocycles. The maximum Gasteiger partial charge on any atom is 0.374 e. The summed E-state index contributed by atoms with van der Waals surface area (Å²) in [6.45, 7) is 2.75. The Morgan fingerprint density at radius 2 is 2.10 bits per heavy atom. The number of hydrogen-bond donors (Lipinski definition) is 1. The van der Waals surface area contributed by atoms with Crippen molar-refractivity contribution in [1.82, 2.24) is 9.62 Å². The van der Waals surface area contributed by atoms with Crippen LogP contribution in [0.2, 0.25) is 0 Å². The SMILES string of the molecule is CCOC(=O)c1ccc(S(=O)(=O)N2CCC(NC)CC2)o1. The topological polar surface area (TPSA) is 88.9 Å². The van der Waals surface area contributed by atoms with Crippen LogP contribution in [-0.4, -0.2) is 51.5 Å².